The van der Waals surface area contributed by atoms with Gasteiger partial charge in [0.2, 0.25) is 0 Å². The summed E-state index contributed by atoms with van der Waals surface area (Å²) in [5, 5.41) is 8.73. The fourth-order valence-corrected chi connectivity index (χ4v) is 1.63. The van der Waals surface area contributed by atoms with Crippen LogP contribution >= 0.6 is 0 Å². The van der Waals surface area contributed by atoms with Crippen LogP contribution in [0.25, 0.3) is 0 Å². The summed E-state index contributed by atoms with van der Waals surface area (Å²) in [7, 11) is 6.24. The molecule has 0 radical (unpaired) electrons. The first kappa shape index (κ1) is 27.4. The molecule has 0 aliphatic rings. The van der Waals surface area contributed by atoms with Gasteiger partial charge in [-0.25, -0.2) is 0 Å². The van der Waals surface area contributed by atoms with E-state index >= 15 is 0 Å². The van der Waals surface area contributed by atoms with Crippen LogP contribution in [0.1, 0.15) is 6.92 Å². The lowest BCUT2D eigenvalue weighted by molar-refractivity contribution is -0.154. The fourth-order valence-electron chi connectivity index (χ4n) is 1.63. The Labute approximate surface area is 156 Å². The van der Waals surface area contributed by atoms with Crippen LogP contribution in [-0.4, -0.2) is 106 Å². The van der Waals surface area contributed by atoms with Gasteiger partial charge in [-0.1, -0.05) is 0 Å². The molecule has 0 unspecified atom stereocenters. The van der Waals surface area contributed by atoms with Crippen LogP contribution in [0.2, 0.25) is 0 Å². The second-order valence-electron chi connectivity index (χ2n) is 5.55. The molecule has 0 heterocycles. The second-order valence-corrected chi connectivity index (χ2v) is 5.55. The van der Waals surface area contributed by atoms with Crippen LogP contribution in [0.5, 0.6) is 0 Å². The van der Waals surface area contributed by atoms with Crippen molar-refractivity contribution in [2.75, 3.05) is 94.5 Å². The van der Waals surface area contributed by atoms with E-state index in [4.69, 9.17) is 38.3 Å². The predicted octanol–water partition coefficient (Wildman–Crippen LogP) is 0.699. The van der Waals surface area contributed by atoms with E-state index in [0.717, 1.165) is 0 Å². The van der Waals surface area contributed by atoms with Gasteiger partial charge >= 0.3 is 5.97 Å². The highest BCUT2D eigenvalue weighted by atomic mass is 16.6. The quantitative estimate of drug-likeness (QED) is 0.363. The van der Waals surface area contributed by atoms with E-state index in [1.165, 1.54) is 14.2 Å². The van der Waals surface area contributed by atoms with Crippen LogP contribution in [-0.2, 0) is 38.0 Å². The summed E-state index contributed by atoms with van der Waals surface area (Å²) in [6, 6.07) is 0. The average Bonchev–Trinajstić information content (AvgIpc) is 2.60. The van der Waals surface area contributed by atoms with E-state index < -0.39 is 11.4 Å². The molecular weight excluding hydrogens is 348 g/mol. The summed E-state index contributed by atoms with van der Waals surface area (Å²) in [6.45, 7) is 6.78. The minimum absolute atomic E-state index is 0.163. The molecule has 0 aliphatic carbocycles. The van der Waals surface area contributed by atoms with E-state index in [9.17, 15) is 4.79 Å². The third-order valence-electron chi connectivity index (χ3n) is 3.05. The lowest BCUT2D eigenvalue weighted by Gasteiger charge is -2.22. The van der Waals surface area contributed by atoms with Gasteiger partial charge in [-0.3, -0.25) is 4.79 Å². The molecule has 1 N–H and O–H groups in total. The van der Waals surface area contributed by atoms with Gasteiger partial charge in [-0.15, -0.1) is 0 Å². The number of carbonyl (C=O) groups is 1. The van der Waals surface area contributed by atoms with Gasteiger partial charge < -0.3 is 38.3 Å². The standard InChI is InChI=1S/C10H22O5.C7H14O4/c1-11-3-5-13-7-9-15-10-8-14-6-4-12-2;1-7(4-10-2,5-11-3)6(8)9/h3-10H2,1-2H3;4-5H2,1-3H3,(H,8,9). The van der Waals surface area contributed by atoms with Crippen molar-refractivity contribution in [3.63, 3.8) is 0 Å². The zero-order valence-electron chi connectivity index (χ0n) is 16.8. The van der Waals surface area contributed by atoms with Crippen LogP contribution in [0.4, 0.5) is 0 Å². The Balaban J connectivity index is 0. The van der Waals surface area contributed by atoms with Gasteiger partial charge in [0.15, 0.2) is 0 Å². The Morgan fingerprint density at radius 3 is 1.19 bits per heavy atom. The molecule has 0 saturated heterocycles. The third kappa shape index (κ3) is 18.0. The Hall–Kier alpha value is -0.810. The molecule has 9 nitrogen and oxygen atoms in total. The molecule has 0 aromatic heterocycles. The van der Waals surface area contributed by atoms with Gasteiger partial charge in [0, 0.05) is 28.4 Å². The maximum atomic E-state index is 10.6. The van der Waals surface area contributed by atoms with Gasteiger partial charge in [-0.05, 0) is 6.92 Å². The highest BCUT2D eigenvalue weighted by molar-refractivity contribution is 5.74. The maximum Gasteiger partial charge on any atom is 0.314 e. The number of ether oxygens (including phenoxy) is 7. The van der Waals surface area contributed by atoms with E-state index in [0.29, 0.717) is 52.9 Å². The number of hydrogen-bond acceptors (Lipinski definition) is 8. The largest absolute Gasteiger partial charge is 0.481 e. The molecule has 0 bridgehead atoms. The Morgan fingerprint density at radius 2 is 0.962 bits per heavy atom. The first-order chi connectivity index (χ1) is 12.5. The first-order valence-corrected chi connectivity index (χ1v) is 8.40. The Kier molecular flexibility index (Phi) is 21.6. The van der Waals surface area contributed by atoms with Crippen molar-refractivity contribution in [2.45, 2.75) is 6.92 Å². The van der Waals surface area contributed by atoms with E-state index in [1.807, 2.05) is 0 Å². The number of methoxy groups -OCH3 is 4. The van der Waals surface area contributed by atoms with Crippen molar-refractivity contribution in [1.29, 1.82) is 0 Å². The molecule has 0 aromatic rings. The predicted molar refractivity (Wildman–Crippen MR) is 95.7 cm³/mol. The summed E-state index contributed by atoms with van der Waals surface area (Å²) in [4.78, 5) is 10.6. The summed E-state index contributed by atoms with van der Waals surface area (Å²) >= 11 is 0. The van der Waals surface area contributed by atoms with Gasteiger partial charge in [-0.2, -0.15) is 0 Å². The number of carboxylic acid groups (broad SMARTS) is 1. The molecule has 26 heavy (non-hydrogen) atoms. The van der Waals surface area contributed by atoms with Gasteiger partial charge in [0.1, 0.15) is 5.41 Å². The molecule has 0 atom stereocenters. The Morgan fingerprint density at radius 1 is 0.654 bits per heavy atom. The average molecular weight is 384 g/mol. The smallest absolute Gasteiger partial charge is 0.314 e. The van der Waals surface area contributed by atoms with Gasteiger partial charge in [0.05, 0.1) is 66.1 Å². The summed E-state index contributed by atoms with van der Waals surface area (Å²) in [6.07, 6.45) is 0. The zero-order valence-corrected chi connectivity index (χ0v) is 16.8. The molecular formula is C17H36O9. The molecule has 0 aliphatic heterocycles. The van der Waals surface area contributed by atoms with Crippen LogP contribution in [0.3, 0.4) is 0 Å². The van der Waals surface area contributed by atoms with E-state index in [-0.39, 0.29) is 13.2 Å². The molecule has 9 heteroatoms. The van der Waals surface area contributed by atoms with E-state index in [2.05, 4.69) is 0 Å². The van der Waals surface area contributed by atoms with Crippen LogP contribution < -0.4 is 0 Å². The Bertz CT molecular complexity index is 282. The third-order valence-corrected chi connectivity index (χ3v) is 3.05. The van der Waals surface area contributed by atoms with Crippen molar-refractivity contribution in [3.8, 4) is 0 Å². The summed E-state index contributed by atoms with van der Waals surface area (Å²) < 4.78 is 34.9. The molecule has 0 saturated carbocycles. The van der Waals surface area contributed by atoms with Crippen molar-refractivity contribution in [3.05, 3.63) is 0 Å². The summed E-state index contributed by atoms with van der Waals surface area (Å²) in [5.41, 5.74) is -0.927. The number of carboxylic acids is 1. The molecule has 0 rings (SSSR count). The topological polar surface area (TPSA) is 102 Å². The van der Waals surface area contributed by atoms with Crippen LogP contribution in [0, 0.1) is 5.41 Å². The van der Waals surface area contributed by atoms with Gasteiger partial charge in [0.25, 0.3) is 0 Å². The normalized spacial score (nSPS) is 11.1. The van der Waals surface area contributed by atoms with E-state index in [1.54, 1.807) is 21.1 Å². The zero-order chi connectivity index (χ0) is 20.1. The van der Waals surface area contributed by atoms with Crippen LogP contribution in [0.15, 0.2) is 0 Å². The maximum absolute atomic E-state index is 10.6. The van der Waals surface area contributed by atoms with Crippen molar-refractivity contribution < 1.29 is 43.1 Å². The first-order valence-electron chi connectivity index (χ1n) is 8.40. The van der Waals surface area contributed by atoms with Crippen molar-refractivity contribution in [2.24, 2.45) is 5.41 Å². The monoisotopic (exact) mass is 384 g/mol. The molecule has 0 aromatic carbocycles. The number of hydrogen-bond donors (Lipinski definition) is 1. The summed E-state index contributed by atoms with van der Waals surface area (Å²) in [5.74, 6) is -0.902. The number of rotatable bonds is 17. The van der Waals surface area contributed by atoms with Crippen molar-refractivity contribution >= 4 is 5.97 Å². The highest BCUT2D eigenvalue weighted by Gasteiger charge is 2.33. The lowest BCUT2D eigenvalue weighted by atomic mass is 9.93. The molecule has 0 spiro atoms. The van der Waals surface area contributed by atoms with Crippen molar-refractivity contribution in [1.82, 2.24) is 0 Å². The number of aliphatic carboxylic acids is 1. The second kappa shape index (κ2) is 20.5. The molecule has 0 fully saturated rings. The SMILES string of the molecule is COCC(C)(COC)C(=O)O.COCCOCCOCCOCCOC. The minimum atomic E-state index is -0.927. The molecule has 158 valence electrons. The minimum Gasteiger partial charge on any atom is -0.481 e. The fraction of sp³-hybridized carbons (Fsp3) is 0.941. The highest BCUT2D eigenvalue weighted by Crippen LogP contribution is 2.16. The molecule has 0 amide bonds. The lowest BCUT2D eigenvalue weighted by Crippen LogP contribution is -2.36.